The predicted molar refractivity (Wildman–Crippen MR) is 64.6 cm³/mol. The second kappa shape index (κ2) is 5.75. The molecule has 1 fully saturated rings. The summed E-state index contributed by atoms with van der Waals surface area (Å²) in [7, 11) is 1.53. The lowest BCUT2D eigenvalue weighted by molar-refractivity contribution is -0.120. The maximum Gasteiger partial charge on any atom is 0.254 e. The first-order chi connectivity index (χ1) is 9.11. The predicted octanol–water partition coefficient (Wildman–Crippen LogP) is 0.728. The number of hydrogen-bond acceptors (Lipinski definition) is 3. The lowest BCUT2D eigenvalue weighted by atomic mass is 10.1. The maximum atomic E-state index is 13.6. The molecule has 1 amide bonds. The van der Waals surface area contributed by atoms with E-state index in [0.29, 0.717) is 13.2 Å². The summed E-state index contributed by atoms with van der Waals surface area (Å²) in [5.74, 6) is -1.49. The van der Waals surface area contributed by atoms with Gasteiger partial charge in [0, 0.05) is 12.7 Å². The number of guanidine groups is 1. The highest BCUT2D eigenvalue weighted by Gasteiger charge is 2.31. The van der Waals surface area contributed by atoms with Gasteiger partial charge in [-0.15, -0.1) is 0 Å². The number of aliphatic imine (C=N–C) groups is 1. The molecule has 0 spiro atoms. The Hall–Kier alpha value is -2.02. The molecular weight excluding hydrogens is 256 g/mol. The van der Waals surface area contributed by atoms with Crippen LogP contribution in [0.3, 0.4) is 0 Å². The van der Waals surface area contributed by atoms with Crippen LogP contribution in [0.4, 0.5) is 8.78 Å². The van der Waals surface area contributed by atoms with Crippen molar-refractivity contribution in [2.24, 2.45) is 4.99 Å². The Morgan fingerprint density at radius 3 is 2.95 bits per heavy atom. The second-order valence-electron chi connectivity index (χ2n) is 3.96. The minimum absolute atomic E-state index is 0.0468. The largest absolute Gasteiger partial charge is 0.383 e. The van der Waals surface area contributed by atoms with E-state index in [4.69, 9.17) is 4.74 Å². The molecule has 1 unspecified atom stereocenters. The van der Waals surface area contributed by atoms with Crippen molar-refractivity contribution >= 4 is 11.9 Å². The van der Waals surface area contributed by atoms with E-state index in [-0.39, 0.29) is 11.5 Å². The number of ether oxygens (including phenoxy) is 1. The molecule has 5 nitrogen and oxygen atoms in total. The number of hydrogen-bond donors (Lipinski definition) is 2. The van der Waals surface area contributed by atoms with Gasteiger partial charge in [-0.3, -0.25) is 15.1 Å². The summed E-state index contributed by atoms with van der Waals surface area (Å²) in [6.07, 6.45) is 0. The summed E-state index contributed by atoms with van der Waals surface area (Å²) in [6, 6.07) is 2.00. The fourth-order valence-corrected chi connectivity index (χ4v) is 1.72. The molecule has 1 atom stereocenters. The van der Waals surface area contributed by atoms with Crippen LogP contribution in [0.25, 0.3) is 0 Å². The third-order valence-corrected chi connectivity index (χ3v) is 2.62. The van der Waals surface area contributed by atoms with Crippen molar-refractivity contribution in [2.75, 3.05) is 20.3 Å². The molecule has 1 heterocycles. The van der Waals surface area contributed by atoms with Crippen molar-refractivity contribution in [3.8, 4) is 0 Å². The molecule has 2 rings (SSSR count). The molecule has 0 aromatic heterocycles. The van der Waals surface area contributed by atoms with Crippen LogP contribution < -0.4 is 10.6 Å². The number of nitrogens with one attached hydrogen (secondary N) is 2. The average Bonchev–Trinajstić information content (AvgIpc) is 2.74. The minimum Gasteiger partial charge on any atom is -0.383 e. The normalized spacial score (nSPS) is 20.5. The Morgan fingerprint density at radius 2 is 2.21 bits per heavy atom. The third-order valence-electron chi connectivity index (χ3n) is 2.62. The van der Waals surface area contributed by atoms with Crippen LogP contribution in [0.2, 0.25) is 0 Å². The highest BCUT2D eigenvalue weighted by atomic mass is 19.1. The number of halogens is 2. The molecule has 1 aliphatic heterocycles. The summed E-state index contributed by atoms with van der Waals surface area (Å²) in [4.78, 5) is 15.7. The van der Waals surface area contributed by atoms with Gasteiger partial charge in [0.1, 0.15) is 17.7 Å². The van der Waals surface area contributed by atoms with Crippen LogP contribution in [0.1, 0.15) is 11.6 Å². The zero-order chi connectivity index (χ0) is 13.8. The van der Waals surface area contributed by atoms with E-state index < -0.39 is 23.6 Å². The quantitative estimate of drug-likeness (QED) is 0.792. The van der Waals surface area contributed by atoms with E-state index in [9.17, 15) is 13.6 Å². The summed E-state index contributed by atoms with van der Waals surface area (Å²) in [6.45, 7) is 0.761. The molecule has 0 saturated carbocycles. The van der Waals surface area contributed by atoms with Crippen LogP contribution in [0.15, 0.2) is 23.2 Å². The van der Waals surface area contributed by atoms with Crippen molar-refractivity contribution in [3.63, 3.8) is 0 Å². The van der Waals surface area contributed by atoms with Gasteiger partial charge < -0.3 is 10.1 Å². The van der Waals surface area contributed by atoms with E-state index in [1.54, 1.807) is 0 Å². The fourth-order valence-electron chi connectivity index (χ4n) is 1.72. The van der Waals surface area contributed by atoms with Crippen molar-refractivity contribution in [1.29, 1.82) is 0 Å². The van der Waals surface area contributed by atoms with Crippen molar-refractivity contribution < 1.29 is 18.3 Å². The third kappa shape index (κ3) is 3.05. The van der Waals surface area contributed by atoms with E-state index in [0.717, 1.165) is 18.2 Å². The minimum atomic E-state index is -0.975. The lowest BCUT2D eigenvalue weighted by Crippen LogP contribution is -2.26. The van der Waals surface area contributed by atoms with Crippen molar-refractivity contribution in [1.82, 2.24) is 10.6 Å². The molecule has 1 saturated heterocycles. The summed E-state index contributed by atoms with van der Waals surface area (Å²) >= 11 is 0. The molecule has 1 aromatic rings. The van der Waals surface area contributed by atoms with Crippen LogP contribution >= 0.6 is 0 Å². The van der Waals surface area contributed by atoms with Gasteiger partial charge in [0.25, 0.3) is 5.91 Å². The molecule has 1 aliphatic rings. The highest BCUT2D eigenvalue weighted by Crippen LogP contribution is 2.20. The first-order valence-corrected chi connectivity index (χ1v) is 5.67. The fraction of sp³-hybridized carbons (Fsp3) is 0.333. The number of carbonyl (C=O) groups is 1. The average molecular weight is 269 g/mol. The molecule has 19 heavy (non-hydrogen) atoms. The van der Waals surface area contributed by atoms with Crippen LogP contribution in [0, 0.1) is 11.6 Å². The Morgan fingerprint density at radius 1 is 1.42 bits per heavy atom. The molecular formula is C12H13F2N3O2. The Kier molecular flexibility index (Phi) is 4.06. The number of amides is 1. The SMILES string of the molecule is COCCN=C1NC(=O)C(c2cc(F)ccc2F)N1. The van der Waals surface area contributed by atoms with Gasteiger partial charge in [0.15, 0.2) is 5.96 Å². The molecule has 1 aromatic carbocycles. The number of nitrogens with zero attached hydrogens (tertiary/aromatic N) is 1. The summed E-state index contributed by atoms with van der Waals surface area (Å²) < 4.78 is 31.5. The van der Waals surface area contributed by atoms with E-state index in [1.807, 2.05) is 0 Å². The number of benzene rings is 1. The van der Waals surface area contributed by atoms with Gasteiger partial charge in [-0.05, 0) is 18.2 Å². The van der Waals surface area contributed by atoms with Crippen molar-refractivity contribution in [3.05, 3.63) is 35.4 Å². The maximum absolute atomic E-state index is 13.6. The van der Waals surface area contributed by atoms with Crippen LogP contribution in [-0.4, -0.2) is 32.1 Å². The van der Waals surface area contributed by atoms with E-state index >= 15 is 0 Å². The van der Waals surface area contributed by atoms with Gasteiger partial charge in [0.2, 0.25) is 0 Å². The second-order valence-corrected chi connectivity index (χ2v) is 3.96. The van der Waals surface area contributed by atoms with E-state index in [2.05, 4.69) is 15.6 Å². The molecule has 2 N–H and O–H groups in total. The molecule has 0 radical (unpaired) electrons. The van der Waals surface area contributed by atoms with E-state index in [1.165, 1.54) is 7.11 Å². The monoisotopic (exact) mass is 269 g/mol. The molecule has 7 heteroatoms. The first kappa shape index (κ1) is 13.4. The van der Waals surface area contributed by atoms with Crippen LogP contribution in [-0.2, 0) is 9.53 Å². The first-order valence-electron chi connectivity index (χ1n) is 5.67. The van der Waals surface area contributed by atoms with Crippen LogP contribution in [0.5, 0.6) is 0 Å². The molecule has 0 bridgehead atoms. The molecule has 102 valence electrons. The number of carbonyl (C=O) groups excluding carboxylic acids is 1. The van der Waals surface area contributed by atoms with Gasteiger partial charge in [-0.1, -0.05) is 0 Å². The van der Waals surface area contributed by atoms with Crippen molar-refractivity contribution in [2.45, 2.75) is 6.04 Å². The number of methoxy groups -OCH3 is 1. The Bertz CT molecular complexity index is 520. The topological polar surface area (TPSA) is 62.7 Å². The zero-order valence-corrected chi connectivity index (χ0v) is 10.2. The van der Waals surface area contributed by atoms with Gasteiger partial charge in [-0.25, -0.2) is 8.78 Å². The standard InChI is InChI=1S/C12H13F2N3O2/c1-19-5-4-15-12-16-10(11(18)17-12)8-6-7(13)2-3-9(8)14/h2-3,6,10H,4-5H2,1H3,(H2,15,16,17,18). The smallest absolute Gasteiger partial charge is 0.254 e. The van der Waals surface area contributed by atoms with Gasteiger partial charge in [-0.2, -0.15) is 0 Å². The summed E-state index contributed by atoms with van der Waals surface area (Å²) in [5.41, 5.74) is -0.0468. The Labute approximate surface area is 108 Å². The van der Waals surface area contributed by atoms with Gasteiger partial charge >= 0.3 is 0 Å². The van der Waals surface area contributed by atoms with Gasteiger partial charge in [0.05, 0.1) is 13.2 Å². The Balaban J connectivity index is 2.16. The molecule has 0 aliphatic carbocycles. The summed E-state index contributed by atoms with van der Waals surface area (Å²) in [5, 5.41) is 5.17. The lowest BCUT2D eigenvalue weighted by Gasteiger charge is -2.09. The number of rotatable bonds is 4. The zero-order valence-electron chi connectivity index (χ0n) is 10.2. The highest BCUT2D eigenvalue weighted by molar-refractivity contribution is 6.06.